The van der Waals surface area contributed by atoms with E-state index < -0.39 is 0 Å². The lowest BCUT2D eigenvalue weighted by molar-refractivity contribution is -0.135. The van der Waals surface area contributed by atoms with Gasteiger partial charge in [0.05, 0.1) is 26.2 Å². The molecule has 0 unspecified atom stereocenters. The second-order valence-corrected chi connectivity index (χ2v) is 7.78. The molecule has 3 rings (SSSR count). The SMILES string of the molecule is C=C(c1ccc(OC)cc1)[C@H]1C=C(C(=O)OC)S[C@@H]1C(=C)c1ccc(OC)cc1. The summed E-state index contributed by atoms with van der Waals surface area (Å²) < 4.78 is 15.4. The summed E-state index contributed by atoms with van der Waals surface area (Å²) in [5.41, 5.74) is 3.83. The zero-order valence-corrected chi connectivity index (χ0v) is 17.6. The highest BCUT2D eigenvalue weighted by molar-refractivity contribution is 8.05. The normalized spacial score (nSPS) is 18.0. The van der Waals surface area contributed by atoms with Gasteiger partial charge in [0, 0.05) is 11.2 Å². The van der Waals surface area contributed by atoms with E-state index in [9.17, 15) is 4.79 Å². The Labute approximate surface area is 175 Å². The number of thioether (sulfide) groups is 1. The first-order valence-electron chi connectivity index (χ1n) is 9.11. The van der Waals surface area contributed by atoms with Crippen LogP contribution in [0.2, 0.25) is 0 Å². The Balaban J connectivity index is 1.92. The van der Waals surface area contributed by atoms with Crippen molar-refractivity contribution in [2.75, 3.05) is 21.3 Å². The largest absolute Gasteiger partial charge is 0.497 e. The highest BCUT2D eigenvalue weighted by Crippen LogP contribution is 2.48. The van der Waals surface area contributed by atoms with E-state index >= 15 is 0 Å². The summed E-state index contributed by atoms with van der Waals surface area (Å²) >= 11 is 1.47. The first kappa shape index (κ1) is 20.8. The molecule has 1 aliphatic heterocycles. The standard InChI is InChI=1S/C24H24O4S/c1-15(17-6-10-19(26-3)11-7-17)21-14-22(24(25)28-5)29-23(21)16(2)18-8-12-20(27-4)13-9-18/h6-14,21,23H,1-2H2,3-5H3/t21-,23-/m1/s1. The summed E-state index contributed by atoms with van der Waals surface area (Å²) in [5, 5.41) is -0.0629. The van der Waals surface area contributed by atoms with Gasteiger partial charge in [-0.05, 0) is 46.5 Å². The molecule has 29 heavy (non-hydrogen) atoms. The zero-order chi connectivity index (χ0) is 21.0. The Bertz CT molecular complexity index is 942. The number of carbonyl (C=O) groups is 1. The van der Waals surface area contributed by atoms with Crippen LogP contribution in [0.5, 0.6) is 11.5 Å². The smallest absolute Gasteiger partial charge is 0.344 e. The number of carbonyl (C=O) groups excluding carboxylic acids is 1. The van der Waals surface area contributed by atoms with Crippen molar-refractivity contribution in [3.05, 3.63) is 83.8 Å². The minimum atomic E-state index is -0.340. The summed E-state index contributed by atoms with van der Waals surface area (Å²) in [7, 11) is 4.67. The molecule has 0 fully saturated rings. The average Bonchev–Trinajstić information content (AvgIpc) is 3.23. The molecule has 0 saturated heterocycles. The lowest BCUT2D eigenvalue weighted by Gasteiger charge is -2.23. The number of hydrogen-bond acceptors (Lipinski definition) is 5. The van der Waals surface area contributed by atoms with Gasteiger partial charge in [-0.3, -0.25) is 0 Å². The monoisotopic (exact) mass is 408 g/mol. The molecule has 2 aromatic carbocycles. The van der Waals surface area contributed by atoms with Crippen molar-refractivity contribution in [2.24, 2.45) is 5.92 Å². The van der Waals surface area contributed by atoms with Crippen molar-refractivity contribution in [1.29, 1.82) is 0 Å². The van der Waals surface area contributed by atoms with E-state index in [4.69, 9.17) is 14.2 Å². The molecule has 1 heterocycles. The molecule has 5 heteroatoms. The van der Waals surface area contributed by atoms with E-state index in [0.29, 0.717) is 4.91 Å². The molecule has 4 nitrogen and oxygen atoms in total. The van der Waals surface area contributed by atoms with E-state index in [2.05, 4.69) is 13.2 Å². The molecule has 2 atom stereocenters. The van der Waals surface area contributed by atoms with Crippen molar-refractivity contribution in [2.45, 2.75) is 5.25 Å². The fraction of sp³-hybridized carbons (Fsp3) is 0.208. The molecular weight excluding hydrogens is 384 g/mol. The van der Waals surface area contributed by atoms with Gasteiger partial charge in [-0.1, -0.05) is 43.5 Å². The Hall–Kier alpha value is -2.92. The molecule has 0 N–H and O–H groups in total. The van der Waals surface area contributed by atoms with E-state index in [1.807, 2.05) is 54.6 Å². The van der Waals surface area contributed by atoms with Gasteiger partial charge in [0.2, 0.25) is 0 Å². The minimum Gasteiger partial charge on any atom is -0.497 e. The number of hydrogen-bond donors (Lipinski definition) is 0. The molecule has 0 saturated carbocycles. The molecule has 2 aromatic rings. The third-order valence-electron chi connectivity index (χ3n) is 4.97. The lowest BCUT2D eigenvalue weighted by atomic mass is 9.86. The third-order valence-corrected chi connectivity index (χ3v) is 6.35. The first-order valence-corrected chi connectivity index (χ1v) is 9.99. The molecule has 0 radical (unpaired) electrons. The predicted molar refractivity (Wildman–Crippen MR) is 119 cm³/mol. The number of rotatable bonds is 7. The van der Waals surface area contributed by atoms with E-state index in [1.54, 1.807) is 14.2 Å². The van der Waals surface area contributed by atoms with Gasteiger partial charge in [0.1, 0.15) is 11.5 Å². The van der Waals surface area contributed by atoms with Gasteiger partial charge >= 0.3 is 5.97 Å². The van der Waals surface area contributed by atoms with Crippen molar-refractivity contribution < 1.29 is 19.0 Å². The van der Waals surface area contributed by atoms with E-state index in [-0.39, 0.29) is 17.1 Å². The van der Waals surface area contributed by atoms with Crippen molar-refractivity contribution >= 4 is 28.9 Å². The van der Waals surface area contributed by atoms with E-state index in [1.165, 1.54) is 18.9 Å². The number of methoxy groups -OCH3 is 3. The van der Waals surface area contributed by atoms with Crippen molar-refractivity contribution in [3.63, 3.8) is 0 Å². The Morgan fingerprint density at radius 3 is 1.76 bits per heavy atom. The fourth-order valence-electron chi connectivity index (χ4n) is 3.25. The van der Waals surface area contributed by atoms with Crippen molar-refractivity contribution in [1.82, 2.24) is 0 Å². The van der Waals surface area contributed by atoms with Crippen LogP contribution >= 0.6 is 11.8 Å². The second kappa shape index (κ2) is 9.05. The van der Waals surface area contributed by atoms with Crippen LogP contribution in [-0.4, -0.2) is 32.5 Å². The minimum absolute atomic E-state index is 0.0629. The van der Waals surface area contributed by atoms with Gasteiger partial charge in [-0.15, -0.1) is 11.8 Å². The Morgan fingerprint density at radius 2 is 1.31 bits per heavy atom. The quantitative estimate of drug-likeness (QED) is 0.588. The summed E-state index contributed by atoms with van der Waals surface area (Å²) in [5.74, 6) is 1.14. The number of ether oxygens (including phenoxy) is 3. The van der Waals surface area contributed by atoms with Crippen LogP contribution in [0, 0.1) is 5.92 Å². The van der Waals surface area contributed by atoms with Gasteiger partial charge in [0.15, 0.2) is 0 Å². The van der Waals surface area contributed by atoms with Crippen LogP contribution in [0.1, 0.15) is 11.1 Å². The summed E-state index contributed by atoms with van der Waals surface area (Å²) in [4.78, 5) is 12.8. The van der Waals surface area contributed by atoms with E-state index in [0.717, 1.165) is 33.8 Å². The molecule has 150 valence electrons. The van der Waals surface area contributed by atoms with Gasteiger partial charge in [-0.25, -0.2) is 4.79 Å². The van der Waals surface area contributed by atoms with Crippen LogP contribution in [0.3, 0.4) is 0 Å². The van der Waals surface area contributed by atoms with Crippen LogP contribution < -0.4 is 9.47 Å². The maximum atomic E-state index is 12.2. The zero-order valence-electron chi connectivity index (χ0n) is 16.8. The van der Waals surface area contributed by atoms with Crippen LogP contribution in [-0.2, 0) is 9.53 Å². The second-order valence-electron chi connectivity index (χ2n) is 6.59. The molecular formula is C24H24O4S. The summed E-state index contributed by atoms with van der Waals surface area (Å²) in [6.07, 6.45) is 1.93. The average molecular weight is 409 g/mol. The van der Waals surface area contributed by atoms with Gasteiger partial charge in [-0.2, -0.15) is 0 Å². The Morgan fingerprint density at radius 1 is 0.828 bits per heavy atom. The predicted octanol–water partition coefficient (Wildman–Crippen LogP) is 5.22. The molecule has 0 spiro atoms. The molecule has 0 aromatic heterocycles. The van der Waals surface area contributed by atoms with Crippen molar-refractivity contribution in [3.8, 4) is 11.5 Å². The third kappa shape index (κ3) is 4.40. The van der Waals surface area contributed by atoms with Crippen LogP contribution in [0.15, 0.2) is 72.7 Å². The van der Waals surface area contributed by atoms with Gasteiger partial charge < -0.3 is 14.2 Å². The lowest BCUT2D eigenvalue weighted by Crippen LogP contribution is -2.15. The number of esters is 1. The molecule has 0 bridgehead atoms. The van der Waals surface area contributed by atoms with Crippen LogP contribution in [0.25, 0.3) is 11.1 Å². The highest BCUT2D eigenvalue weighted by atomic mass is 32.2. The number of benzene rings is 2. The molecule has 0 aliphatic carbocycles. The van der Waals surface area contributed by atoms with Crippen LogP contribution in [0.4, 0.5) is 0 Å². The summed E-state index contributed by atoms with van der Waals surface area (Å²) in [6, 6.07) is 15.5. The fourth-order valence-corrected chi connectivity index (χ4v) is 4.60. The topological polar surface area (TPSA) is 44.8 Å². The maximum absolute atomic E-state index is 12.2. The maximum Gasteiger partial charge on any atom is 0.344 e. The number of allylic oxidation sites excluding steroid dienone is 2. The molecule has 0 amide bonds. The summed E-state index contributed by atoms with van der Waals surface area (Å²) in [6.45, 7) is 8.65. The highest BCUT2D eigenvalue weighted by Gasteiger charge is 2.36. The Kier molecular flexibility index (Phi) is 6.49. The molecule has 1 aliphatic rings. The van der Waals surface area contributed by atoms with Gasteiger partial charge in [0.25, 0.3) is 0 Å². The first-order chi connectivity index (χ1) is 14.0.